The maximum atomic E-state index is 12.2. The zero-order valence-electron chi connectivity index (χ0n) is 15.1. The molecule has 0 saturated carbocycles. The van der Waals surface area contributed by atoms with Gasteiger partial charge < -0.3 is 4.74 Å². The number of nitrogens with zero attached hydrogens (tertiary/aromatic N) is 1. The summed E-state index contributed by atoms with van der Waals surface area (Å²) in [7, 11) is -3.86. The molecule has 26 heavy (non-hydrogen) atoms. The smallest absolute Gasteiger partial charge is 0.414 e. The lowest BCUT2D eigenvalue weighted by Crippen LogP contribution is -2.51. The molecule has 1 fully saturated rings. The van der Waals surface area contributed by atoms with Gasteiger partial charge in [-0.15, -0.1) is 0 Å². The predicted octanol–water partition coefficient (Wildman–Crippen LogP) is 1.66. The molecule has 2 rings (SSSR count). The molecule has 0 aliphatic carbocycles. The topological polar surface area (TPSA) is 113 Å². The summed E-state index contributed by atoms with van der Waals surface area (Å²) in [6, 6.07) is 7.48. The summed E-state index contributed by atoms with van der Waals surface area (Å²) in [5.74, 6) is -1.06. The van der Waals surface area contributed by atoms with Crippen molar-refractivity contribution in [2.45, 2.75) is 44.0 Å². The number of benzene rings is 1. The Morgan fingerprint density at radius 1 is 1.38 bits per heavy atom. The third-order valence-electron chi connectivity index (χ3n) is 4.68. The molecule has 2 N–H and O–H groups in total. The van der Waals surface area contributed by atoms with Crippen LogP contribution in [0.3, 0.4) is 0 Å². The van der Waals surface area contributed by atoms with Gasteiger partial charge in [0.2, 0.25) is 0 Å². The van der Waals surface area contributed by atoms with E-state index in [0.717, 1.165) is 24.7 Å². The third-order valence-corrected chi connectivity index (χ3v) is 6.67. The first kappa shape index (κ1) is 20.2. The Kier molecular flexibility index (Phi) is 5.92. The van der Waals surface area contributed by atoms with E-state index >= 15 is 0 Å². The Balaban J connectivity index is 2.17. The Morgan fingerprint density at radius 3 is 2.50 bits per heavy atom. The lowest BCUT2D eigenvalue weighted by molar-refractivity contribution is -0.132. The predicted molar refractivity (Wildman–Crippen MR) is 95.8 cm³/mol. The van der Waals surface area contributed by atoms with E-state index in [1.54, 1.807) is 0 Å². The van der Waals surface area contributed by atoms with E-state index in [9.17, 15) is 18.0 Å². The molecule has 1 aliphatic heterocycles. The van der Waals surface area contributed by atoms with Gasteiger partial charge in [0.1, 0.15) is 6.10 Å². The van der Waals surface area contributed by atoms with Gasteiger partial charge in [-0.2, -0.15) is 0 Å². The highest BCUT2D eigenvalue weighted by molar-refractivity contribution is 7.92. The molecular formula is C17H24N2O6S. The second-order valence-electron chi connectivity index (χ2n) is 6.68. The lowest BCUT2D eigenvalue weighted by Gasteiger charge is -2.26. The van der Waals surface area contributed by atoms with Crippen LogP contribution in [0.4, 0.5) is 10.5 Å². The SMILES string of the molecule is CCCc1ccc(N2C[C@H](C[C@](C)(C(=O)NO)S(C)(=O)=O)OC2=O)cc1. The lowest BCUT2D eigenvalue weighted by atomic mass is 10.0. The number of rotatable bonds is 7. The molecule has 144 valence electrons. The largest absolute Gasteiger partial charge is 0.444 e. The van der Waals surface area contributed by atoms with E-state index in [-0.39, 0.29) is 13.0 Å². The molecule has 0 radical (unpaired) electrons. The molecule has 0 unspecified atom stereocenters. The average molecular weight is 384 g/mol. The van der Waals surface area contributed by atoms with E-state index in [0.29, 0.717) is 5.69 Å². The monoisotopic (exact) mass is 384 g/mol. The van der Waals surface area contributed by atoms with Gasteiger partial charge in [-0.1, -0.05) is 25.5 Å². The molecule has 9 heteroatoms. The molecule has 1 heterocycles. The van der Waals surface area contributed by atoms with E-state index < -0.39 is 32.7 Å². The number of anilines is 1. The second-order valence-corrected chi connectivity index (χ2v) is 9.13. The van der Waals surface area contributed by atoms with Crippen LogP contribution in [0.25, 0.3) is 0 Å². The van der Waals surface area contributed by atoms with Crippen LogP contribution in [0.2, 0.25) is 0 Å². The van der Waals surface area contributed by atoms with Gasteiger partial charge in [-0.05, 0) is 31.0 Å². The van der Waals surface area contributed by atoms with Crippen LogP contribution in [-0.4, -0.2) is 49.3 Å². The van der Waals surface area contributed by atoms with Gasteiger partial charge in [0, 0.05) is 18.4 Å². The number of amides is 2. The Morgan fingerprint density at radius 2 is 2.00 bits per heavy atom. The van der Waals surface area contributed by atoms with Gasteiger partial charge in [0.25, 0.3) is 5.91 Å². The minimum absolute atomic E-state index is 0.121. The summed E-state index contributed by atoms with van der Waals surface area (Å²) >= 11 is 0. The highest BCUT2D eigenvalue weighted by Crippen LogP contribution is 2.30. The molecule has 1 aromatic carbocycles. The van der Waals surface area contributed by atoms with Crippen LogP contribution in [0.5, 0.6) is 0 Å². The minimum atomic E-state index is -3.86. The standard InChI is InChI=1S/C17H24N2O6S/c1-4-5-12-6-8-13(9-7-12)19-11-14(25-16(19)21)10-17(2,15(20)18-22)26(3,23)24/h6-9,14,22H,4-5,10-11H2,1-3H3,(H,18,20)/t14-,17+/m0/s1. The number of carbonyl (C=O) groups is 2. The number of hydrogen-bond donors (Lipinski definition) is 2. The molecule has 1 saturated heterocycles. The van der Waals surface area contributed by atoms with Crippen molar-refractivity contribution in [3.63, 3.8) is 0 Å². The van der Waals surface area contributed by atoms with E-state index in [2.05, 4.69) is 6.92 Å². The van der Waals surface area contributed by atoms with E-state index in [1.165, 1.54) is 17.3 Å². The van der Waals surface area contributed by atoms with Gasteiger partial charge in [0.15, 0.2) is 14.6 Å². The van der Waals surface area contributed by atoms with Crippen LogP contribution in [0.1, 0.15) is 32.3 Å². The summed E-state index contributed by atoms with van der Waals surface area (Å²) in [5, 5.41) is 8.88. The fraction of sp³-hybridized carbons (Fsp3) is 0.529. The molecule has 1 aromatic rings. The number of carbonyl (C=O) groups excluding carboxylic acids is 2. The number of ether oxygens (including phenoxy) is 1. The maximum Gasteiger partial charge on any atom is 0.414 e. The van der Waals surface area contributed by atoms with Gasteiger partial charge in [-0.25, -0.2) is 18.7 Å². The highest BCUT2D eigenvalue weighted by atomic mass is 32.2. The first-order chi connectivity index (χ1) is 12.1. The first-order valence-corrected chi connectivity index (χ1v) is 10.2. The first-order valence-electron chi connectivity index (χ1n) is 8.33. The summed E-state index contributed by atoms with van der Waals surface area (Å²) in [6.07, 6.45) is 1.21. The summed E-state index contributed by atoms with van der Waals surface area (Å²) in [5.41, 5.74) is 3.19. The van der Waals surface area contributed by atoms with Crippen LogP contribution < -0.4 is 10.4 Å². The normalized spacial score (nSPS) is 19.8. The van der Waals surface area contributed by atoms with Crippen molar-refractivity contribution in [2.24, 2.45) is 0 Å². The molecular weight excluding hydrogens is 360 g/mol. The van der Waals surface area contributed by atoms with Crippen molar-refractivity contribution in [3.8, 4) is 0 Å². The van der Waals surface area contributed by atoms with Crippen molar-refractivity contribution in [1.82, 2.24) is 5.48 Å². The quantitative estimate of drug-likeness (QED) is 0.546. The molecule has 8 nitrogen and oxygen atoms in total. The van der Waals surface area contributed by atoms with E-state index in [1.807, 2.05) is 24.3 Å². The van der Waals surface area contributed by atoms with Crippen LogP contribution in [0.15, 0.2) is 24.3 Å². The van der Waals surface area contributed by atoms with Crippen molar-refractivity contribution in [2.75, 3.05) is 17.7 Å². The Hall–Kier alpha value is -2.13. The van der Waals surface area contributed by atoms with Crippen LogP contribution >= 0.6 is 0 Å². The van der Waals surface area contributed by atoms with Gasteiger partial charge in [0.05, 0.1) is 6.54 Å². The Labute approximate surface area is 153 Å². The zero-order chi connectivity index (χ0) is 19.5. The molecule has 0 aromatic heterocycles. The molecule has 0 bridgehead atoms. The van der Waals surface area contributed by atoms with Crippen molar-refractivity contribution in [1.29, 1.82) is 0 Å². The second kappa shape index (κ2) is 7.63. The van der Waals surface area contributed by atoms with Crippen molar-refractivity contribution >= 4 is 27.5 Å². The summed E-state index contributed by atoms with van der Waals surface area (Å²) in [4.78, 5) is 25.5. The van der Waals surface area contributed by atoms with Crippen molar-refractivity contribution in [3.05, 3.63) is 29.8 Å². The number of sulfone groups is 1. The zero-order valence-corrected chi connectivity index (χ0v) is 15.9. The molecule has 2 amide bonds. The minimum Gasteiger partial charge on any atom is -0.444 e. The number of nitrogens with one attached hydrogen (secondary N) is 1. The molecule has 0 spiro atoms. The number of aryl methyl sites for hydroxylation is 1. The number of hydrogen-bond acceptors (Lipinski definition) is 6. The van der Waals surface area contributed by atoms with Crippen molar-refractivity contribution < 1.29 is 28.0 Å². The van der Waals surface area contributed by atoms with Crippen LogP contribution in [0, 0.1) is 0 Å². The van der Waals surface area contributed by atoms with E-state index in [4.69, 9.17) is 9.94 Å². The maximum absolute atomic E-state index is 12.2. The fourth-order valence-corrected chi connectivity index (χ4v) is 3.81. The van der Waals surface area contributed by atoms with Gasteiger partial charge in [-0.3, -0.25) is 14.9 Å². The molecule has 1 aliphatic rings. The fourth-order valence-electron chi connectivity index (χ4n) is 2.94. The average Bonchev–Trinajstić information content (AvgIpc) is 2.94. The highest BCUT2D eigenvalue weighted by Gasteiger charge is 2.48. The van der Waals surface area contributed by atoms with Gasteiger partial charge >= 0.3 is 6.09 Å². The number of cyclic esters (lactones) is 1. The summed E-state index contributed by atoms with van der Waals surface area (Å²) in [6.45, 7) is 3.40. The number of hydroxylamine groups is 1. The summed E-state index contributed by atoms with van der Waals surface area (Å²) < 4.78 is 27.4. The van der Waals surface area contributed by atoms with Crippen LogP contribution in [-0.2, 0) is 25.8 Å². The third kappa shape index (κ3) is 3.99. The Bertz CT molecular complexity index is 777. The molecule has 2 atom stereocenters.